The van der Waals surface area contributed by atoms with Gasteiger partial charge in [-0.1, -0.05) is 24.3 Å². The molecule has 1 aromatic rings. The van der Waals surface area contributed by atoms with Crippen molar-refractivity contribution in [3.05, 3.63) is 35.4 Å². The molecule has 3 aliphatic heterocycles. The molecule has 2 atom stereocenters. The van der Waals surface area contributed by atoms with Gasteiger partial charge in [0.15, 0.2) is 0 Å². The van der Waals surface area contributed by atoms with Crippen molar-refractivity contribution in [2.24, 2.45) is 5.92 Å². The highest BCUT2D eigenvalue weighted by atomic mass is 16.3. The van der Waals surface area contributed by atoms with E-state index in [-0.39, 0.29) is 6.10 Å². The van der Waals surface area contributed by atoms with Gasteiger partial charge in [-0.2, -0.15) is 0 Å². The Morgan fingerprint density at radius 2 is 1.82 bits per heavy atom. The third-order valence-electron chi connectivity index (χ3n) is 4.50. The van der Waals surface area contributed by atoms with Crippen LogP contribution in [0.1, 0.15) is 42.9 Å². The molecule has 3 heterocycles. The number of rotatable bonds is 2. The van der Waals surface area contributed by atoms with Crippen molar-refractivity contribution >= 4 is 0 Å². The van der Waals surface area contributed by atoms with Crippen molar-refractivity contribution < 1.29 is 5.11 Å². The summed E-state index contributed by atoms with van der Waals surface area (Å²) < 4.78 is 0. The fraction of sp³-hybridized carbons (Fsp3) is 0.600. The van der Waals surface area contributed by atoms with Crippen LogP contribution in [0.3, 0.4) is 0 Å². The SMILES string of the molecule is CC(O)c1ccc(C2CN3CCC2CC3)cc1. The first-order chi connectivity index (χ1) is 8.24. The average molecular weight is 231 g/mol. The van der Waals surface area contributed by atoms with E-state index in [0.717, 1.165) is 17.4 Å². The molecule has 1 aromatic carbocycles. The van der Waals surface area contributed by atoms with E-state index in [4.69, 9.17) is 0 Å². The lowest BCUT2D eigenvalue weighted by Gasteiger charge is -2.45. The molecule has 0 spiro atoms. The quantitative estimate of drug-likeness (QED) is 0.845. The summed E-state index contributed by atoms with van der Waals surface area (Å²) >= 11 is 0. The van der Waals surface area contributed by atoms with Gasteiger partial charge in [-0.25, -0.2) is 0 Å². The Morgan fingerprint density at radius 3 is 2.29 bits per heavy atom. The molecule has 1 N–H and O–H groups in total. The maximum absolute atomic E-state index is 9.52. The highest BCUT2D eigenvalue weighted by molar-refractivity contribution is 5.28. The normalized spacial score (nSPS) is 33.6. The molecule has 3 saturated heterocycles. The summed E-state index contributed by atoms with van der Waals surface area (Å²) in [4.78, 5) is 2.59. The Balaban J connectivity index is 1.80. The van der Waals surface area contributed by atoms with E-state index >= 15 is 0 Å². The van der Waals surface area contributed by atoms with Crippen LogP contribution in [0.25, 0.3) is 0 Å². The molecule has 4 rings (SSSR count). The zero-order valence-electron chi connectivity index (χ0n) is 10.5. The first-order valence-electron chi connectivity index (χ1n) is 6.74. The Kier molecular flexibility index (Phi) is 2.93. The topological polar surface area (TPSA) is 23.5 Å². The first-order valence-corrected chi connectivity index (χ1v) is 6.74. The van der Waals surface area contributed by atoms with Crippen molar-refractivity contribution in [1.29, 1.82) is 0 Å². The van der Waals surface area contributed by atoms with Gasteiger partial charge in [0.1, 0.15) is 0 Å². The number of fused-ring (bicyclic) bond motifs is 3. The smallest absolute Gasteiger partial charge is 0.0761 e. The molecule has 2 heteroatoms. The second-order valence-corrected chi connectivity index (χ2v) is 5.59. The third kappa shape index (κ3) is 2.12. The van der Waals surface area contributed by atoms with E-state index in [1.165, 1.54) is 38.0 Å². The largest absolute Gasteiger partial charge is 0.389 e. The second-order valence-electron chi connectivity index (χ2n) is 5.59. The van der Waals surface area contributed by atoms with Crippen LogP contribution in [0.4, 0.5) is 0 Å². The van der Waals surface area contributed by atoms with Gasteiger partial charge >= 0.3 is 0 Å². The monoisotopic (exact) mass is 231 g/mol. The fourth-order valence-electron chi connectivity index (χ4n) is 3.36. The van der Waals surface area contributed by atoms with Crippen LogP contribution < -0.4 is 0 Å². The average Bonchev–Trinajstić information content (AvgIpc) is 2.40. The van der Waals surface area contributed by atoms with Gasteiger partial charge in [-0.3, -0.25) is 0 Å². The number of nitrogens with zero attached hydrogens (tertiary/aromatic N) is 1. The summed E-state index contributed by atoms with van der Waals surface area (Å²) in [5, 5.41) is 9.52. The predicted octanol–water partition coefficient (Wildman–Crippen LogP) is 2.55. The molecule has 0 aliphatic carbocycles. The number of aliphatic hydroxyl groups excluding tert-OH is 1. The van der Waals surface area contributed by atoms with E-state index in [2.05, 4.69) is 29.2 Å². The zero-order valence-corrected chi connectivity index (χ0v) is 10.5. The molecule has 2 bridgehead atoms. The van der Waals surface area contributed by atoms with Gasteiger partial charge in [-0.05, 0) is 55.8 Å². The van der Waals surface area contributed by atoms with Crippen LogP contribution in [0.5, 0.6) is 0 Å². The third-order valence-corrected chi connectivity index (χ3v) is 4.50. The maximum atomic E-state index is 9.52. The van der Waals surface area contributed by atoms with E-state index in [1.807, 2.05) is 6.92 Å². The van der Waals surface area contributed by atoms with Crippen molar-refractivity contribution in [3.63, 3.8) is 0 Å². The molecular formula is C15H21NO. The minimum absolute atomic E-state index is 0.351. The zero-order chi connectivity index (χ0) is 11.8. The highest BCUT2D eigenvalue weighted by Gasteiger charge is 2.34. The number of aliphatic hydroxyl groups is 1. The van der Waals surface area contributed by atoms with Crippen LogP contribution in [0, 0.1) is 5.92 Å². The molecule has 2 unspecified atom stereocenters. The minimum atomic E-state index is -0.351. The van der Waals surface area contributed by atoms with Crippen LogP contribution >= 0.6 is 0 Å². The summed E-state index contributed by atoms with van der Waals surface area (Å²) in [5.74, 6) is 1.61. The fourth-order valence-corrected chi connectivity index (χ4v) is 3.36. The minimum Gasteiger partial charge on any atom is -0.389 e. The van der Waals surface area contributed by atoms with Gasteiger partial charge in [0, 0.05) is 6.54 Å². The number of piperidine rings is 3. The molecule has 3 aliphatic rings. The lowest BCUT2D eigenvalue weighted by molar-refractivity contribution is 0.0871. The highest BCUT2D eigenvalue weighted by Crippen LogP contribution is 2.38. The van der Waals surface area contributed by atoms with Crippen LogP contribution in [0.2, 0.25) is 0 Å². The molecule has 2 nitrogen and oxygen atoms in total. The van der Waals surface area contributed by atoms with Gasteiger partial charge in [0.05, 0.1) is 6.10 Å². The molecule has 0 aromatic heterocycles. The number of hydrogen-bond donors (Lipinski definition) is 1. The molecule has 0 amide bonds. The standard InChI is InChI=1S/C15H21NO/c1-11(17)12-2-4-13(5-3-12)15-10-16-8-6-14(15)7-9-16/h2-5,11,14-15,17H,6-10H2,1H3. The Bertz CT molecular complexity index is 376. The van der Waals surface area contributed by atoms with E-state index < -0.39 is 0 Å². The van der Waals surface area contributed by atoms with Gasteiger partial charge in [0.25, 0.3) is 0 Å². The summed E-state index contributed by atoms with van der Waals surface area (Å²) in [6.07, 6.45) is 2.38. The molecule has 0 radical (unpaired) electrons. The lowest BCUT2D eigenvalue weighted by atomic mass is 9.75. The molecule has 3 fully saturated rings. The number of benzene rings is 1. The summed E-state index contributed by atoms with van der Waals surface area (Å²) in [6, 6.07) is 8.60. The van der Waals surface area contributed by atoms with Crippen molar-refractivity contribution in [2.75, 3.05) is 19.6 Å². The van der Waals surface area contributed by atoms with E-state index in [9.17, 15) is 5.11 Å². The molecule has 0 saturated carbocycles. The van der Waals surface area contributed by atoms with Crippen LogP contribution in [-0.4, -0.2) is 29.6 Å². The lowest BCUT2D eigenvalue weighted by Crippen LogP contribution is -2.46. The Labute approximate surface area is 103 Å². The van der Waals surface area contributed by atoms with Gasteiger partial charge < -0.3 is 10.0 Å². The molecular weight excluding hydrogens is 210 g/mol. The van der Waals surface area contributed by atoms with Crippen LogP contribution in [0.15, 0.2) is 24.3 Å². The molecule has 17 heavy (non-hydrogen) atoms. The number of hydrogen-bond acceptors (Lipinski definition) is 2. The van der Waals surface area contributed by atoms with Crippen molar-refractivity contribution in [3.8, 4) is 0 Å². The summed E-state index contributed by atoms with van der Waals surface area (Å²) in [7, 11) is 0. The maximum Gasteiger partial charge on any atom is 0.0761 e. The van der Waals surface area contributed by atoms with E-state index in [1.54, 1.807) is 0 Å². The van der Waals surface area contributed by atoms with Gasteiger partial charge in [-0.15, -0.1) is 0 Å². The van der Waals surface area contributed by atoms with Crippen molar-refractivity contribution in [2.45, 2.75) is 31.8 Å². The van der Waals surface area contributed by atoms with Crippen molar-refractivity contribution in [1.82, 2.24) is 4.90 Å². The summed E-state index contributed by atoms with van der Waals surface area (Å²) in [5.41, 5.74) is 2.49. The van der Waals surface area contributed by atoms with Gasteiger partial charge in [0.2, 0.25) is 0 Å². The van der Waals surface area contributed by atoms with E-state index in [0.29, 0.717) is 0 Å². The first kappa shape index (κ1) is 11.2. The molecule has 92 valence electrons. The second kappa shape index (κ2) is 4.43. The summed E-state index contributed by atoms with van der Waals surface area (Å²) in [6.45, 7) is 5.65. The predicted molar refractivity (Wildman–Crippen MR) is 69.0 cm³/mol. The Hall–Kier alpha value is -0.860. The van der Waals surface area contributed by atoms with Crippen LogP contribution in [-0.2, 0) is 0 Å². The Morgan fingerprint density at radius 1 is 1.18 bits per heavy atom.